The number of aliphatic hydroxyl groups is 1. The number of hydrogen-bond donors (Lipinski definition) is 1. The van der Waals surface area contributed by atoms with E-state index in [1.54, 1.807) is 31.2 Å². The summed E-state index contributed by atoms with van der Waals surface area (Å²) in [6, 6.07) is 10.9. The van der Waals surface area contributed by atoms with Crippen LogP contribution in [0.1, 0.15) is 18.6 Å². The number of benzene rings is 2. The molecule has 3 nitrogen and oxygen atoms in total. The number of halogens is 1. The second-order valence-corrected chi connectivity index (χ2v) is 7.84. The average Bonchev–Trinajstić information content (AvgIpc) is 2.40. The van der Waals surface area contributed by atoms with Crippen LogP contribution in [0.2, 0.25) is 0 Å². The fourth-order valence-corrected chi connectivity index (χ4v) is 3.19. The Kier molecular flexibility index (Phi) is 4.70. The second-order valence-electron chi connectivity index (χ2n) is 4.71. The van der Waals surface area contributed by atoms with Crippen molar-refractivity contribution in [2.24, 2.45) is 0 Å². The van der Waals surface area contributed by atoms with Crippen LogP contribution < -0.4 is 0 Å². The lowest BCUT2D eigenvalue weighted by Crippen LogP contribution is -1.96. The lowest BCUT2D eigenvalue weighted by molar-refractivity contribution is 0.198. The zero-order chi connectivity index (χ0) is 15.6. The van der Waals surface area contributed by atoms with Crippen molar-refractivity contribution in [2.75, 3.05) is 6.26 Å². The zero-order valence-corrected chi connectivity index (χ0v) is 13.2. The van der Waals surface area contributed by atoms with E-state index in [0.29, 0.717) is 10.5 Å². The van der Waals surface area contributed by atoms with Gasteiger partial charge in [0.05, 0.1) is 11.0 Å². The van der Waals surface area contributed by atoms with Crippen molar-refractivity contribution < 1.29 is 17.9 Å². The van der Waals surface area contributed by atoms with E-state index in [-0.39, 0.29) is 4.90 Å². The van der Waals surface area contributed by atoms with Crippen molar-refractivity contribution in [1.29, 1.82) is 0 Å². The first kappa shape index (κ1) is 16.0. The summed E-state index contributed by atoms with van der Waals surface area (Å²) in [5, 5.41) is 9.41. The van der Waals surface area contributed by atoms with Crippen LogP contribution in [-0.4, -0.2) is 19.8 Å². The van der Waals surface area contributed by atoms with E-state index in [1.807, 2.05) is 0 Å². The van der Waals surface area contributed by atoms with Gasteiger partial charge in [0, 0.05) is 16.0 Å². The van der Waals surface area contributed by atoms with Crippen LogP contribution in [0, 0.1) is 5.82 Å². The molecular formula is C15H15FO3S2. The Morgan fingerprint density at radius 2 is 1.76 bits per heavy atom. The Balaban J connectivity index is 2.22. The van der Waals surface area contributed by atoms with Crippen molar-refractivity contribution in [1.82, 2.24) is 0 Å². The molecule has 112 valence electrons. The molecule has 0 amide bonds. The SMILES string of the molecule is C[C@@H](O)c1ccc(Sc2ccc(S(C)(=O)=O)cc2)c(F)c1. The predicted molar refractivity (Wildman–Crippen MR) is 80.7 cm³/mol. The van der Waals surface area contributed by atoms with Crippen molar-refractivity contribution in [3.05, 3.63) is 53.8 Å². The first-order valence-electron chi connectivity index (χ1n) is 6.23. The van der Waals surface area contributed by atoms with Crippen molar-refractivity contribution >= 4 is 21.6 Å². The van der Waals surface area contributed by atoms with Gasteiger partial charge in [-0.1, -0.05) is 17.8 Å². The number of rotatable bonds is 4. The lowest BCUT2D eigenvalue weighted by atomic mass is 10.1. The first-order valence-corrected chi connectivity index (χ1v) is 8.93. The summed E-state index contributed by atoms with van der Waals surface area (Å²) in [4.78, 5) is 1.40. The molecule has 2 aromatic carbocycles. The fourth-order valence-electron chi connectivity index (χ4n) is 1.74. The Bertz CT molecular complexity index is 738. The number of sulfone groups is 1. The van der Waals surface area contributed by atoms with Crippen LogP contribution in [0.3, 0.4) is 0 Å². The fraction of sp³-hybridized carbons (Fsp3) is 0.200. The van der Waals surface area contributed by atoms with Crippen molar-refractivity contribution in [2.45, 2.75) is 27.7 Å². The molecule has 1 N–H and O–H groups in total. The monoisotopic (exact) mass is 326 g/mol. The molecule has 0 bridgehead atoms. The van der Waals surface area contributed by atoms with E-state index >= 15 is 0 Å². The molecule has 0 aliphatic heterocycles. The van der Waals surface area contributed by atoms with Gasteiger partial charge in [0.25, 0.3) is 0 Å². The van der Waals surface area contributed by atoms with E-state index in [2.05, 4.69) is 0 Å². The molecule has 0 saturated carbocycles. The zero-order valence-electron chi connectivity index (χ0n) is 11.6. The van der Waals surface area contributed by atoms with Crippen LogP contribution in [0.5, 0.6) is 0 Å². The summed E-state index contributed by atoms with van der Waals surface area (Å²) in [6.07, 6.45) is 0.427. The Morgan fingerprint density at radius 1 is 1.14 bits per heavy atom. The van der Waals surface area contributed by atoms with E-state index < -0.39 is 21.8 Å². The molecule has 6 heteroatoms. The quantitative estimate of drug-likeness (QED) is 0.935. The van der Waals surface area contributed by atoms with Crippen LogP contribution in [0.4, 0.5) is 4.39 Å². The topological polar surface area (TPSA) is 54.4 Å². The summed E-state index contributed by atoms with van der Waals surface area (Å²) < 4.78 is 36.7. The third kappa shape index (κ3) is 4.06. The summed E-state index contributed by atoms with van der Waals surface area (Å²) in [5.74, 6) is -0.411. The van der Waals surface area contributed by atoms with Crippen molar-refractivity contribution in [3.63, 3.8) is 0 Å². The van der Waals surface area contributed by atoms with Crippen molar-refractivity contribution in [3.8, 4) is 0 Å². The Morgan fingerprint density at radius 3 is 2.24 bits per heavy atom. The van der Waals surface area contributed by atoms with E-state index in [4.69, 9.17) is 0 Å². The molecule has 0 aliphatic carbocycles. The molecule has 0 aromatic heterocycles. The third-order valence-corrected chi connectivity index (χ3v) is 5.11. The van der Waals surface area contributed by atoms with Gasteiger partial charge in [-0.3, -0.25) is 0 Å². The highest BCUT2D eigenvalue weighted by Gasteiger charge is 2.10. The largest absolute Gasteiger partial charge is 0.389 e. The van der Waals surface area contributed by atoms with Gasteiger partial charge >= 0.3 is 0 Å². The number of aliphatic hydroxyl groups excluding tert-OH is 1. The minimum atomic E-state index is -3.23. The molecule has 0 radical (unpaired) electrons. The van der Waals surface area contributed by atoms with Gasteiger partial charge in [-0.25, -0.2) is 12.8 Å². The van der Waals surface area contributed by atoms with Gasteiger partial charge in [0.1, 0.15) is 5.82 Å². The summed E-state index contributed by atoms with van der Waals surface area (Å²) in [5.41, 5.74) is 0.518. The van der Waals surface area contributed by atoms with E-state index in [0.717, 1.165) is 11.2 Å². The molecule has 0 heterocycles. The third-order valence-electron chi connectivity index (χ3n) is 2.92. The second kappa shape index (κ2) is 6.17. The Labute approximate surface area is 127 Å². The maximum atomic E-state index is 13.9. The highest BCUT2D eigenvalue weighted by molar-refractivity contribution is 7.99. The standard InChI is InChI=1S/C15H15FO3S2/c1-10(17)11-3-8-15(14(16)9-11)20-12-4-6-13(7-5-12)21(2,18)19/h3-10,17H,1-2H3/t10-/m1/s1. The molecule has 1 atom stereocenters. The molecule has 2 rings (SSSR count). The van der Waals surface area contributed by atoms with Crippen LogP contribution >= 0.6 is 11.8 Å². The van der Waals surface area contributed by atoms with E-state index in [1.165, 1.54) is 30.0 Å². The minimum Gasteiger partial charge on any atom is -0.389 e. The maximum absolute atomic E-state index is 13.9. The minimum absolute atomic E-state index is 0.233. The Hall–Kier alpha value is -1.37. The van der Waals surface area contributed by atoms with Gasteiger partial charge < -0.3 is 5.11 Å². The predicted octanol–water partition coefficient (Wildman–Crippen LogP) is 3.43. The van der Waals surface area contributed by atoms with Gasteiger partial charge in [0.2, 0.25) is 0 Å². The lowest BCUT2D eigenvalue weighted by Gasteiger charge is -2.08. The molecule has 0 fully saturated rings. The summed E-state index contributed by atoms with van der Waals surface area (Å²) >= 11 is 1.20. The van der Waals surface area contributed by atoms with Gasteiger partial charge in [-0.15, -0.1) is 0 Å². The molecule has 0 aliphatic rings. The molecule has 2 aromatic rings. The summed E-state index contributed by atoms with van der Waals surface area (Å²) in [6.45, 7) is 1.57. The number of hydrogen-bond acceptors (Lipinski definition) is 4. The van der Waals surface area contributed by atoms with E-state index in [9.17, 15) is 17.9 Å². The first-order chi connectivity index (χ1) is 9.77. The normalized spacial score (nSPS) is 13.1. The van der Waals surface area contributed by atoms with Crippen LogP contribution in [0.15, 0.2) is 57.2 Å². The highest BCUT2D eigenvalue weighted by atomic mass is 32.2. The smallest absolute Gasteiger partial charge is 0.175 e. The maximum Gasteiger partial charge on any atom is 0.175 e. The van der Waals surface area contributed by atoms with Gasteiger partial charge in [0.15, 0.2) is 9.84 Å². The molecule has 21 heavy (non-hydrogen) atoms. The van der Waals surface area contributed by atoms with Gasteiger partial charge in [-0.2, -0.15) is 0 Å². The van der Waals surface area contributed by atoms with Gasteiger partial charge in [-0.05, 0) is 48.9 Å². The molecule has 0 spiro atoms. The molecule has 0 unspecified atom stereocenters. The molecule has 0 saturated heterocycles. The average molecular weight is 326 g/mol. The van der Waals surface area contributed by atoms with Crippen LogP contribution in [0.25, 0.3) is 0 Å². The molecular weight excluding hydrogens is 311 g/mol. The summed E-state index contributed by atoms with van der Waals surface area (Å²) in [7, 11) is -3.23. The highest BCUT2D eigenvalue weighted by Crippen LogP contribution is 2.31. The van der Waals surface area contributed by atoms with Crippen LogP contribution in [-0.2, 0) is 9.84 Å².